The van der Waals surface area contributed by atoms with Crippen molar-refractivity contribution >= 4 is 17.3 Å². The second-order valence-corrected chi connectivity index (χ2v) is 6.58. The summed E-state index contributed by atoms with van der Waals surface area (Å²) in [5.41, 5.74) is -3.37. The Morgan fingerprint density at radius 2 is 1.97 bits per heavy atom. The molecule has 1 atom stereocenters. The maximum atomic E-state index is 13.7. The highest BCUT2D eigenvalue weighted by Gasteiger charge is 2.63. The van der Waals surface area contributed by atoms with Crippen LogP contribution in [0.15, 0.2) is 53.6 Å². The molecule has 0 unspecified atom stereocenters. The lowest BCUT2D eigenvalue weighted by Gasteiger charge is -2.32. The molecule has 0 radical (unpaired) electrons. The van der Waals surface area contributed by atoms with E-state index in [9.17, 15) is 33.2 Å². The molecule has 0 spiro atoms. The predicted octanol–water partition coefficient (Wildman–Crippen LogP) is 3.03. The van der Waals surface area contributed by atoms with Gasteiger partial charge in [0.2, 0.25) is 5.91 Å². The van der Waals surface area contributed by atoms with Crippen LogP contribution < -0.4 is 4.74 Å². The number of nitrogens with zero attached hydrogens (tertiary/aromatic N) is 3. The number of alkyl halides is 3. The number of non-ortho nitro benzene ring substituents is 1. The van der Waals surface area contributed by atoms with Gasteiger partial charge in [0.25, 0.3) is 11.4 Å². The van der Waals surface area contributed by atoms with E-state index >= 15 is 0 Å². The number of ether oxygens (including phenoxy) is 1. The number of carbonyl (C=O) groups excluding carboxylic acids is 1. The third-order valence-electron chi connectivity index (χ3n) is 4.58. The fourth-order valence-corrected chi connectivity index (χ4v) is 2.98. The molecule has 0 saturated carbocycles. The summed E-state index contributed by atoms with van der Waals surface area (Å²) in [6.07, 6.45) is -6.65. The van der Waals surface area contributed by atoms with Gasteiger partial charge in [-0.2, -0.15) is 23.3 Å². The maximum absolute atomic E-state index is 13.7. The summed E-state index contributed by atoms with van der Waals surface area (Å²) in [6.45, 7) is 0. The van der Waals surface area contributed by atoms with Crippen molar-refractivity contribution in [2.24, 2.45) is 5.10 Å². The summed E-state index contributed by atoms with van der Waals surface area (Å²) in [6, 6.07) is 10.8. The van der Waals surface area contributed by atoms with Crippen LogP contribution in [0.5, 0.6) is 5.75 Å². The Hall–Kier alpha value is -3.47. The second kappa shape index (κ2) is 7.75. The number of nitro groups is 1. The number of nitro benzene ring substituents is 1. The zero-order valence-electron chi connectivity index (χ0n) is 15.6. The summed E-state index contributed by atoms with van der Waals surface area (Å²) in [5, 5.41) is 24.9. The lowest BCUT2D eigenvalue weighted by Crippen LogP contribution is -2.57. The van der Waals surface area contributed by atoms with Crippen molar-refractivity contribution < 1.29 is 32.7 Å². The standard InChI is InChI=1S/C19H16F3N3O5/c1-30-15-4-2-3-13(10-15)16-11-18(27,19(20,21)22)24(23-16)17(26)9-12-5-7-14(8-6-12)25(28)29/h2-8,10,27H,9,11H2,1H3/t18-/m1/s1. The molecular formula is C19H16F3N3O5. The van der Waals surface area contributed by atoms with Crippen LogP contribution in [0.3, 0.4) is 0 Å². The van der Waals surface area contributed by atoms with Gasteiger partial charge in [0, 0.05) is 17.7 Å². The first kappa shape index (κ1) is 21.2. The molecule has 0 fully saturated rings. The SMILES string of the molecule is COc1cccc(C2=NN(C(=O)Cc3ccc([N+](=O)[O-])cc3)[C@](O)(C(F)(F)F)C2)c1. The molecule has 3 rings (SSSR count). The monoisotopic (exact) mass is 423 g/mol. The summed E-state index contributed by atoms with van der Waals surface area (Å²) in [5.74, 6) is -0.733. The van der Waals surface area contributed by atoms with E-state index in [0.717, 1.165) is 12.1 Å². The minimum atomic E-state index is -5.16. The molecule has 0 aromatic heterocycles. The molecule has 30 heavy (non-hydrogen) atoms. The maximum Gasteiger partial charge on any atom is 0.438 e. The number of benzene rings is 2. The zero-order chi connectivity index (χ0) is 22.1. The van der Waals surface area contributed by atoms with Gasteiger partial charge in [-0.05, 0) is 17.7 Å². The van der Waals surface area contributed by atoms with Crippen LogP contribution in [0.4, 0.5) is 18.9 Å². The third kappa shape index (κ3) is 3.96. The number of halogens is 3. The lowest BCUT2D eigenvalue weighted by atomic mass is 10.0. The summed E-state index contributed by atoms with van der Waals surface area (Å²) in [4.78, 5) is 22.7. The van der Waals surface area contributed by atoms with Gasteiger partial charge in [0.1, 0.15) is 5.75 Å². The van der Waals surface area contributed by atoms with Crippen molar-refractivity contribution in [2.75, 3.05) is 7.11 Å². The van der Waals surface area contributed by atoms with Crippen LogP contribution in [0.1, 0.15) is 17.5 Å². The summed E-state index contributed by atoms with van der Waals surface area (Å²) < 4.78 is 46.0. The van der Waals surface area contributed by atoms with E-state index in [1.165, 1.54) is 31.4 Å². The number of hydrogen-bond donors (Lipinski definition) is 1. The molecule has 1 aliphatic rings. The van der Waals surface area contributed by atoms with Crippen molar-refractivity contribution in [1.82, 2.24) is 5.01 Å². The highest BCUT2D eigenvalue weighted by atomic mass is 19.4. The molecule has 1 aliphatic heterocycles. The number of carbonyl (C=O) groups is 1. The molecular weight excluding hydrogens is 407 g/mol. The van der Waals surface area contributed by atoms with Crippen LogP contribution in [-0.2, 0) is 11.2 Å². The molecule has 11 heteroatoms. The van der Waals surface area contributed by atoms with Gasteiger partial charge in [0.05, 0.1) is 30.6 Å². The number of hydrazone groups is 1. The Kier molecular flexibility index (Phi) is 5.49. The Morgan fingerprint density at radius 1 is 1.30 bits per heavy atom. The van der Waals surface area contributed by atoms with E-state index < -0.39 is 35.6 Å². The summed E-state index contributed by atoms with van der Waals surface area (Å²) >= 11 is 0. The second-order valence-electron chi connectivity index (χ2n) is 6.58. The molecule has 2 aromatic rings. The van der Waals surface area contributed by atoms with Gasteiger partial charge in [0.15, 0.2) is 0 Å². The normalized spacial score (nSPS) is 18.8. The predicted molar refractivity (Wildman–Crippen MR) is 98.8 cm³/mol. The topological polar surface area (TPSA) is 105 Å². The molecule has 1 amide bonds. The fraction of sp³-hybridized carbons (Fsp3) is 0.263. The molecule has 8 nitrogen and oxygen atoms in total. The van der Waals surface area contributed by atoms with Crippen molar-refractivity contribution in [3.8, 4) is 5.75 Å². The van der Waals surface area contributed by atoms with Gasteiger partial charge in [-0.25, -0.2) is 0 Å². The number of methoxy groups -OCH3 is 1. The third-order valence-corrected chi connectivity index (χ3v) is 4.58. The van der Waals surface area contributed by atoms with E-state index in [4.69, 9.17) is 4.74 Å². The average molecular weight is 423 g/mol. The molecule has 0 saturated heterocycles. The van der Waals surface area contributed by atoms with E-state index in [1.54, 1.807) is 12.1 Å². The highest BCUT2D eigenvalue weighted by Crippen LogP contribution is 2.41. The van der Waals surface area contributed by atoms with Crippen molar-refractivity contribution in [3.05, 3.63) is 69.8 Å². The first-order valence-corrected chi connectivity index (χ1v) is 8.62. The smallest absolute Gasteiger partial charge is 0.438 e. The molecule has 1 heterocycles. The van der Waals surface area contributed by atoms with Crippen LogP contribution in [0, 0.1) is 10.1 Å². The average Bonchev–Trinajstić information content (AvgIpc) is 3.07. The minimum absolute atomic E-state index is 0.0310. The summed E-state index contributed by atoms with van der Waals surface area (Å²) in [7, 11) is 1.39. The van der Waals surface area contributed by atoms with E-state index in [2.05, 4.69) is 5.10 Å². The molecule has 0 aliphatic carbocycles. The number of aliphatic hydroxyl groups is 1. The molecule has 2 aromatic carbocycles. The van der Waals surface area contributed by atoms with Gasteiger partial charge in [-0.15, -0.1) is 0 Å². The Morgan fingerprint density at radius 3 is 2.53 bits per heavy atom. The van der Waals surface area contributed by atoms with Gasteiger partial charge < -0.3 is 9.84 Å². The van der Waals surface area contributed by atoms with E-state index in [1.807, 2.05) is 0 Å². The van der Waals surface area contributed by atoms with Crippen LogP contribution in [-0.4, -0.2) is 45.7 Å². The first-order valence-electron chi connectivity index (χ1n) is 8.62. The van der Waals surface area contributed by atoms with Crippen molar-refractivity contribution in [2.45, 2.75) is 24.7 Å². The number of rotatable bonds is 5. The lowest BCUT2D eigenvalue weighted by molar-refractivity contribution is -0.384. The van der Waals surface area contributed by atoms with Crippen molar-refractivity contribution in [3.63, 3.8) is 0 Å². The Balaban J connectivity index is 1.92. The van der Waals surface area contributed by atoms with Gasteiger partial charge >= 0.3 is 6.18 Å². The molecule has 0 bridgehead atoms. The van der Waals surface area contributed by atoms with E-state index in [0.29, 0.717) is 5.75 Å². The van der Waals surface area contributed by atoms with Gasteiger partial charge in [-0.3, -0.25) is 14.9 Å². The first-order chi connectivity index (χ1) is 14.0. The van der Waals surface area contributed by atoms with Gasteiger partial charge in [-0.1, -0.05) is 24.3 Å². The highest BCUT2D eigenvalue weighted by molar-refractivity contribution is 6.04. The molecule has 1 N–H and O–H groups in total. The van der Waals surface area contributed by atoms with Crippen LogP contribution in [0.2, 0.25) is 0 Å². The minimum Gasteiger partial charge on any atom is -0.497 e. The van der Waals surface area contributed by atoms with E-state index in [-0.39, 0.29) is 27.5 Å². The quantitative estimate of drug-likeness (QED) is 0.588. The fourth-order valence-electron chi connectivity index (χ4n) is 2.98. The number of amides is 1. The largest absolute Gasteiger partial charge is 0.497 e. The van der Waals surface area contributed by atoms with Crippen LogP contribution in [0.25, 0.3) is 0 Å². The van der Waals surface area contributed by atoms with Crippen LogP contribution >= 0.6 is 0 Å². The Labute approximate surface area is 168 Å². The number of hydrogen-bond acceptors (Lipinski definition) is 6. The Bertz CT molecular complexity index is 1010. The molecule has 158 valence electrons. The zero-order valence-corrected chi connectivity index (χ0v) is 15.6. The van der Waals surface area contributed by atoms with Crippen molar-refractivity contribution in [1.29, 1.82) is 0 Å².